The number of rotatable bonds is 4. The Labute approximate surface area is 152 Å². The van der Waals surface area contributed by atoms with Gasteiger partial charge < -0.3 is 5.11 Å². The number of aromatic nitrogens is 2. The van der Waals surface area contributed by atoms with Crippen molar-refractivity contribution in [2.75, 3.05) is 12.8 Å². The van der Waals surface area contributed by atoms with Crippen molar-refractivity contribution in [2.24, 2.45) is 0 Å². The van der Waals surface area contributed by atoms with Crippen LogP contribution in [-0.4, -0.2) is 46.6 Å². The van der Waals surface area contributed by atoms with E-state index in [-0.39, 0.29) is 11.6 Å². The zero-order chi connectivity index (χ0) is 18.9. The highest BCUT2D eigenvalue weighted by atomic mass is 32.2. The summed E-state index contributed by atoms with van der Waals surface area (Å²) in [5, 5.41) is 9.02. The number of carbonyl (C=O) groups is 1. The average Bonchev–Trinajstić information content (AvgIpc) is 2.60. The van der Waals surface area contributed by atoms with Crippen molar-refractivity contribution in [1.82, 2.24) is 14.3 Å². The van der Waals surface area contributed by atoms with Gasteiger partial charge in [0.1, 0.15) is 5.82 Å². The van der Waals surface area contributed by atoms with Crippen molar-refractivity contribution in [3.05, 3.63) is 47.4 Å². The first-order chi connectivity index (χ1) is 12.3. The molecule has 1 aromatic heterocycles. The minimum absolute atomic E-state index is 0.204. The SMILES string of the molecule is Cc1cc(-c2ccc(C(=O)O)cc2)nc([C@@H]2CCCCN2S(C)(=O)=O)n1. The fourth-order valence-corrected chi connectivity index (χ4v) is 4.35. The number of carboxylic acids is 1. The number of nitrogens with zero attached hydrogens (tertiary/aromatic N) is 3. The molecule has 0 unspecified atom stereocenters. The van der Waals surface area contributed by atoms with Gasteiger partial charge in [0.25, 0.3) is 0 Å². The van der Waals surface area contributed by atoms with E-state index >= 15 is 0 Å². The second-order valence-electron chi connectivity index (χ2n) is 6.52. The minimum atomic E-state index is -3.34. The van der Waals surface area contributed by atoms with Crippen molar-refractivity contribution >= 4 is 16.0 Å². The van der Waals surface area contributed by atoms with Crippen LogP contribution in [0.2, 0.25) is 0 Å². The van der Waals surface area contributed by atoms with E-state index < -0.39 is 16.0 Å². The molecule has 0 aliphatic carbocycles. The zero-order valence-corrected chi connectivity index (χ0v) is 15.5. The second kappa shape index (κ2) is 7.13. The summed E-state index contributed by atoms with van der Waals surface area (Å²) < 4.78 is 25.7. The van der Waals surface area contributed by atoms with Crippen LogP contribution in [0, 0.1) is 6.92 Å². The highest BCUT2D eigenvalue weighted by Crippen LogP contribution is 2.32. The molecule has 0 radical (unpaired) electrons. The van der Waals surface area contributed by atoms with Crippen LogP contribution in [-0.2, 0) is 10.0 Å². The molecule has 2 heterocycles. The zero-order valence-electron chi connectivity index (χ0n) is 14.7. The largest absolute Gasteiger partial charge is 0.478 e. The van der Waals surface area contributed by atoms with Crippen molar-refractivity contribution in [3.63, 3.8) is 0 Å². The maximum Gasteiger partial charge on any atom is 0.335 e. The lowest BCUT2D eigenvalue weighted by Gasteiger charge is -2.32. The Hall–Kier alpha value is -2.32. The van der Waals surface area contributed by atoms with Gasteiger partial charge in [0.15, 0.2) is 0 Å². The fraction of sp³-hybridized carbons (Fsp3) is 0.389. The van der Waals surface area contributed by atoms with Gasteiger partial charge in [0, 0.05) is 17.8 Å². The van der Waals surface area contributed by atoms with E-state index in [1.807, 2.05) is 13.0 Å². The first kappa shape index (κ1) is 18.5. The normalized spacial score (nSPS) is 18.6. The van der Waals surface area contributed by atoms with Gasteiger partial charge in [-0.05, 0) is 38.0 Å². The molecule has 1 fully saturated rings. The lowest BCUT2D eigenvalue weighted by Crippen LogP contribution is -2.38. The number of aryl methyl sites for hydroxylation is 1. The third kappa shape index (κ3) is 3.91. The Bertz CT molecular complexity index is 926. The molecule has 1 aliphatic heterocycles. The number of sulfonamides is 1. The van der Waals surface area contributed by atoms with Gasteiger partial charge >= 0.3 is 5.97 Å². The van der Waals surface area contributed by atoms with Crippen molar-refractivity contribution in [1.29, 1.82) is 0 Å². The van der Waals surface area contributed by atoms with E-state index in [1.165, 1.54) is 22.7 Å². The number of hydrogen-bond donors (Lipinski definition) is 1. The summed E-state index contributed by atoms with van der Waals surface area (Å²) in [4.78, 5) is 20.1. The van der Waals surface area contributed by atoms with Crippen molar-refractivity contribution in [2.45, 2.75) is 32.2 Å². The number of carboxylic acid groups (broad SMARTS) is 1. The summed E-state index contributed by atoms with van der Waals surface area (Å²) in [6.45, 7) is 2.32. The van der Waals surface area contributed by atoms with E-state index in [1.54, 1.807) is 12.1 Å². The molecule has 1 atom stereocenters. The molecule has 138 valence electrons. The Morgan fingerprint density at radius 1 is 1.19 bits per heavy atom. The molecule has 3 rings (SSSR count). The number of hydrogen-bond acceptors (Lipinski definition) is 5. The van der Waals surface area contributed by atoms with Gasteiger partial charge in [-0.1, -0.05) is 18.6 Å². The second-order valence-corrected chi connectivity index (χ2v) is 8.46. The Balaban J connectivity index is 2.00. The Morgan fingerprint density at radius 2 is 1.88 bits per heavy atom. The summed E-state index contributed by atoms with van der Waals surface area (Å²) in [5.41, 5.74) is 2.37. The van der Waals surface area contributed by atoms with Crippen LogP contribution in [0.3, 0.4) is 0 Å². The van der Waals surface area contributed by atoms with Gasteiger partial charge in [-0.25, -0.2) is 23.2 Å². The van der Waals surface area contributed by atoms with Crippen molar-refractivity contribution in [3.8, 4) is 11.3 Å². The van der Waals surface area contributed by atoms with Gasteiger partial charge in [0.05, 0.1) is 23.6 Å². The van der Waals surface area contributed by atoms with Gasteiger partial charge in [-0.3, -0.25) is 0 Å². The van der Waals surface area contributed by atoms with E-state index in [0.29, 0.717) is 24.5 Å². The quantitative estimate of drug-likeness (QED) is 0.882. The third-order valence-electron chi connectivity index (χ3n) is 4.48. The molecule has 1 N–H and O–H groups in total. The highest BCUT2D eigenvalue weighted by Gasteiger charge is 2.32. The number of aromatic carboxylic acids is 1. The summed E-state index contributed by atoms with van der Waals surface area (Å²) in [6, 6.07) is 7.90. The lowest BCUT2D eigenvalue weighted by atomic mass is 10.0. The first-order valence-electron chi connectivity index (χ1n) is 8.42. The predicted molar refractivity (Wildman–Crippen MR) is 97.3 cm³/mol. The molecule has 0 spiro atoms. The van der Waals surface area contributed by atoms with E-state index in [2.05, 4.69) is 9.97 Å². The minimum Gasteiger partial charge on any atom is -0.478 e. The summed E-state index contributed by atoms with van der Waals surface area (Å²) in [7, 11) is -3.34. The molecular formula is C18H21N3O4S. The van der Waals surface area contributed by atoms with Crippen LogP contribution in [0.15, 0.2) is 30.3 Å². The van der Waals surface area contributed by atoms with Crippen LogP contribution in [0.25, 0.3) is 11.3 Å². The molecule has 0 amide bonds. The molecule has 26 heavy (non-hydrogen) atoms. The predicted octanol–water partition coefficient (Wildman–Crippen LogP) is 2.64. The van der Waals surface area contributed by atoms with Crippen LogP contribution < -0.4 is 0 Å². The molecule has 1 aliphatic rings. The van der Waals surface area contributed by atoms with Crippen LogP contribution in [0.5, 0.6) is 0 Å². The number of piperidine rings is 1. The van der Waals surface area contributed by atoms with Crippen LogP contribution >= 0.6 is 0 Å². The van der Waals surface area contributed by atoms with Crippen LogP contribution in [0.4, 0.5) is 0 Å². The topological polar surface area (TPSA) is 100 Å². The standard InChI is InChI=1S/C18H21N3O4S/c1-12-11-15(13-6-8-14(9-7-13)18(22)23)20-17(19-12)16-5-3-4-10-21(16)26(2,24)25/h6-9,11,16H,3-5,10H2,1-2H3,(H,22,23)/t16-/m0/s1. The molecule has 7 nitrogen and oxygen atoms in total. The summed E-state index contributed by atoms with van der Waals surface area (Å²) in [5.74, 6) is -0.491. The highest BCUT2D eigenvalue weighted by molar-refractivity contribution is 7.88. The molecule has 8 heteroatoms. The molecule has 2 aromatic rings. The summed E-state index contributed by atoms with van der Waals surface area (Å²) >= 11 is 0. The van der Waals surface area contributed by atoms with Crippen molar-refractivity contribution < 1.29 is 18.3 Å². The van der Waals surface area contributed by atoms with E-state index in [0.717, 1.165) is 24.1 Å². The van der Waals surface area contributed by atoms with Crippen LogP contribution in [0.1, 0.15) is 47.2 Å². The summed E-state index contributed by atoms with van der Waals surface area (Å²) in [6.07, 6.45) is 3.66. The monoisotopic (exact) mass is 375 g/mol. The molecule has 1 aromatic carbocycles. The Kier molecular flexibility index (Phi) is 5.06. The lowest BCUT2D eigenvalue weighted by molar-refractivity contribution is 0.0697. The van der Waals surface area contributed by atoms with Gasteiger partial charge in [-0.2, -0.15) is 4.31 Å². The maximum absolute atomic E-state index is 12.1. The molecule has 1 saturated heterocycles. The molecular weight excluding hydrogens is 354 g/mol. The molecule has 0 bridgehead atoms. The van der Waals surface area contributed by atoms with E-state index in [9.17, 15) is 13.2 Å². The number of benzene rings is 1. The van der Waals surface area contributed by atoms with E-state index in [4.69, 9.17) is 5.11 Å². The molecule has 0 saturated carbocycles. The fourth-order valence-electron chi connectivity index (χ4n) is 3.23. The maximum atomic E-state index is 12.1. The van der Waals surface area contributed by atoms with Gasteiger partial charge in [-0.15, -0.1) is 0 Å². The van der Waals surface area contributed by atoms with Gasteiger partial charge in [0.2, 0.25) is 10.0 Å². The average molecular weight is 375 g/mol. The Morgan fingerprint density at radius 3 is 2.50 bits per heavy atom. The first-order valence-corrected chi connectivity index (χ1v) is 10.3. The third-order valence-corrected chi connectivity index (χ3v) is 5.77. The smallest absolute Gasteiger partial charge is 0.335 e.